The Morgan fingerprint density at radius 1 is 1.48 bits per heavy atom. The second-order valence-electron chi connectivity index (χ2n) is 6.55. The Hall–Kier alpha value is -1.51. The van der Waals surface area contributed by atoms with Gasteiger partial charge in [-0.25, -0.2) is 4.79 Å². The fourth-order valence-electron chi connectivity index (χ4n) is 3.45. The van der Waals surface area contributed by atoms with E-state index >= 15 is 0 Å². The minimum atomic E-state index is -4.52. The van der Waals surface area contributed by atoms with Gasteiger partial charge in [0.1, 0.15) is 0 Å². The molecule has 0 unspecified atom stereocenters. The summed E-state index contributed by atoms with van der Waals surface area (Å²) in [5, 5.41) is 12.2. The summed E-state index contributed by atoms with van der Waals surface area (Å²) in [5.41, 5.74) is -1.39. The van der Waals surface area contributed by atoms with Gasteiger partial charge in [0.15, 0.2) is 0 Å². The van der Waals surface area contributed by atoms with Crippen LogP contribution in [0.25, 0.3) is 0 Å². The SMILES string of the molecule is O=C(Nc1cc(C(F)(F)F)ccc1Cl)N1C[C@@H]2COCC[C@]2(CO)C1. The van der Waals surface area contributed by atoms with Crippen LogP contribution in [0.1, 0.15) is 12.0 Å². The molecule has 138 valence electrons. The van der Waals surface area contributed by atoms with Gasteiger partial charge in [-0.1, -0.05) is 11.6 Å². The van der Waals surface area contributed by atoms with Gasteiger partial charge in [-0.3, -0.25) is 0 Å². The number of rotatable bonds is 2. The molecule has 3 rings (SSSR count). The zero-order valence-corrected chi connectivity index (χ0v) is 14.0. The monoisotopic (exact) mass is 378 g/mol. The van der Waals surface area contributed by atoms with Gasteiger partial charge in [0.2, 0.25) is 0 Å². The van der Waals surface area contributed by atoms with Gasteiger partial charge in [-0.15, -0.1) is 0 Å². The molecule has 1 aromatic carbocycles. The van der Waals surface area contributed by atoms with Crippen LogP contribution < -0.4 is 5.32 Å². The number of amides is 2. The van der Waals surface area contributed by atoms with Crippen LogP contribution in [0, 0.1) is 11.3 Å². The summed E-state index contributed by atoms with van der Waals surface area (Å²) in [5.74, 6) is 0.00832. The first-order chi connectivity index (χ1) is 11.7. The van der Waals surface area contributed by atoms with Crippen molar-refractivity contribution in [3.05, 3.63) is 28.8 Å². The summed E-state index contributed by atoms with van der Waals surface area (Å²) in [4.78, 5) is 14.0. The number of aliphatic hydroxyl groups is 1. The largest absolute Gasteiger partial charge is 0.416 e. The number of anilines is 1. The average molecular weight is 379 g/mol. The molecule has 0 spiro atoms. The van der Waals surface area contributed by atoms with E-state index < -0.39 is 23.2 Å². The van der Waals surface area contributed by atoms with E-state index in [-0.39, 0.29) is 23.2 Å². The predicted octanol–water partition coefficient (Wildman–Crippen LogP) is 3.22. The maximum Gasteiger partial charge on any atom is 0.416 e. The number of likely N-dealkylation sites (tertiary alicyclic amines) is 1. The number of urea groups is 1. The lowest BCUT2D eigenvalue weighted by molar-refractivity contribution is -0.137. The van der Waals surface area contributed by atoms with Crippen molar-refractivity contribution in [2.45, 2.75) is 12.6 Å². The predicted molar refractivity (Wildman–Crippen MR) is 85.5 cm³/mol. The number of aliphatic hydroxyl groups excluding tert-OH is 1. The number of carbonyl (C=O) groups excluding carboxylic acids is 1. The molecule has 2 aliphatic rings. The topological polar surface area (TPSA) is 61.8 Å². The maximum absolute atomic E-state index is 12.8. The lowest BCUT2D eigenvalue weighted by Crippen LogP contribution is -2.41. The second-order valence-corrected chi connectivity index (χ2v) is 6.95. The number of carbonyl (C=O) groups is 1. The van der Waals surface area contributed by atoms with Crippen LogP contribution in [0.4, 0.5) is 23.7 Å². The highest BCUT2D eigenvalue weighted by Gasteiger charge is 2.49. The van der Waals surface area contributed by atoms with Crippen LogP contribution >= 0.6 is 11.6 Å². The molecule has 5 nitrogen and oxygen atoms in total. The summed E-state index contributed by atoms with van der Waals surface area (Å²) < 4.78 is 43.9. The van der Waals surface area contributed by atoms with Gasteiger partial charge in [0, 0.05) is 31.0 Å². The number of hydrogen-bond acceptors (Lipinski definition) is 3. The Labute approximate surface area is 147 Å². The summed E-state index contributed by atoms with van der Waals surface area (Å²) in [6, 6.07) is 2.24. The van der Waals surface area contributed by atoms with Crippen molar-refractivity contribution in [2.75, 3.05) is 38.2 Å². The number of benzene rings is 1. The van der Waals surface area contributed by atoms with Gasteiger partial charge in [-0.2, -0.15) is 13.2 Å². The molecule has 2 fully saturated rings. The summed E-state index contributed by atoms with van der Waals surface area (Å²) >= 11 is 5.91. The molecular formula is C16H18ClF3N2O3. The van der Waals surface area contributed by atoms with Gasteiger partial charge in [-0.05, 0) is 24.6 Å². The molecule has 0 aromatic heterocycles. The van der Waals surface area contributed by atoms with Gasteiger partial charge < -0.3 is 20.1 Å². The van der Waals surface area contributed by atoms with Crippen molar-refractivity contribution in [1.82, 2.24) is 4.90 Å². The molecule has 1 aromatic rings. The number of fused-ring (bicyclic) bond motifs is 1. The van der Waals surface area contributed by atoms with E-state index in [0.717, 1.165) is 18.2 Å². The first-order valence-corrected chi connectivity index (χ1v) is 8.24. The Balaban J connectivity index is 1.75. The lowest BCUT2D eigenvalue weighted by atomic mass is 9.75. The van der Waals surface area contributed by atoms with Crippen LogP contribution in [0.5, 0.6) is 0 Å². The minimum absolute atomic E-state index is 0.00832. The lowest BCUT2D eigenvalue weighted by Gasteiger charge is -2.36. The molecule has 25 heavy (non-hydrogen) atoms. The number of nitrogens with one attached hydrogen (secondary N) is 1. The summed E-state index contributed by atoms with van der Waals surface area (Å²) in [7, 11) is 0. The standard InChI is InChI=1S/C16H18ClF3N2O3/c17-12-2-1-10(16(18,19)20)5-13(12)21-14(24)22-6-11-7-25-4-3-15(11,8-22)9-23/h1-2,5,11,23H,3-4,6-9H2,(H,21,24)/t11-,15-/m1/s1. The van der Waals surface area contributed by atoms with Gasteiger partial charge >= 0.3 is 12.2 Å². The number of halogens is 4. The fraction of sp³-hybridized carbons (Fsp3) is 0.562. The Morgan fingerprint density at radius 2 is 2.24 bits per heavy atom. The molecule has 0 bridgehead atoms. The van der Waals surface area contributed by atoms with E-state index in [4.69, 9.17) is 16.3 Å². The third-order valence-electron chi connectivity index (χ3n) is 5.01. The molecule has 9 heteroatoms. The number of ether oxygens (including phenoxy) is 1. The van der Waals surface area contributed by atoms with E-state index in [1.807, 2.05) is 0 Å². The smallest absolute Gasteiger partial charge is 0.396 e. The first kappa shape index (κ1) is 18.3. The number of alkyl halides is 3. The summed E-state index contributed by atoms with van der Waals surface area (Å²) in [6.07, 6.45) is -3.88. The van der Waals surface area contributed by atoms with Gasteiger partial charge in [0.25, 0.3) is 0 Å². The van der Waals surface area contributed by atoms with Crippen LogP contribution in [0.15, 0.2) is 18.2 Å². The highest BCUT2D eigenvalue weighted by Crippen LogP contribution is 2.42. The van der Waals surface area contributed by atoms with E-state index in [1.165, 1.54) is 4.90 Å². The average Bonchev–Trinajstić information content (AvgIpc) is 2.96. The van der Waals surface area contributed by atoms with Crippen LogP contribution in [0.2, 0.25) is 5.02 Å². The zero-order valence-electron chi connectivity index (χ0n) is 13.3. The van der Waals surface area contributed by atoms with Crippen molar-refractivity contribution >= 4 is 23.3 Å². The Bertz CT molecular complexity index is 671. The first-order valence-electron chi connectivity index (χ1n) is 7.86. The molecular weight excluding hydrogens is 361 g/mol. The van der Waals surface area contributed by atoms with E-state index in [0.29, 0.717) is 32.7 Å². The van der Waals surface area contributed by atoms with E-state index in [2.05, 4.69) is 5.32 Å². The highest BCUT2D eigenvalue weighted by atomic mass is 35.5. The third kappa shape index (κ3) is 3.56. The van der Waals surface area contributed by atoms with Crippen LogP contribution in [-0.2, 0) is 10.9 Å². The van der Waals surface area contributed by atoms with Crippen LogP contribution in [-0.4, -0.2) is 48.9 Å². The normalized spacial score (nSPS) is 26.4. The zero-order chi connectivity index (χ0) is 18.2. The van der Waals surface area contributed by atoms with E-state index in [9.17, 15) is 23.1 Å². The summed E-state index contributed by atoms with van der Waals surface area (Å²) in [6.45, 7) is 1.62. The molecule has 2 saturated heterocycles. The number of nitrogens with zero attached hydrogens (tertiary/aromatic N) is 1. The molecule has 2 N–H and O–H groups in total. The minimum Gasteiger partial charge on any atom is -0.396 e. The van der Waals surface area contributed by atoms with Crippen molar-refractivity contribution in [1.29, 1.82) is 0 Å². The van der Waals surface area contributed by atoms with Crippen LogP contribution in [0.3, 0.4) is 0 Å². The molecule has 2 atom stereocenters. The molecule has 2 heterocycles. The highest BCUT2D eigenvalue weighted by molar-refractivity contribution is 6.33. The van der Waals surface area contributed by atoms with E-state index in [1.54, 1.807) is 0 Å². The maximum atomic E-state index is 12.8. The quantitative estimate of drug-likeness (QED) is 0.830. The Kier molecular flexibility index (Phi) is 4.87. The third-order valence-corrected chi connectivity index (χ3v) is 5.34. The molecule has 0 aliphatic carbocycles. The molecule has 0 saturated carbocycles. The molecule has 0 radical (unpaired) electrons. The molecule has 2 amide bonds. The van der Waals surface area contributed by atoms with Crippen molar-refractivity contribution in [3.8, 4) is 0 Å². The Morgan fingerprint density at radius 3 is 2.88 bits per heavy atom. The van der Waals surface area contributed by atoms with Gasteiger partial charge in [0.05, 0.1) is 29.5 Å². The van der Waals surface area contributed by atoms with Crippen molar-refractivity contribution in [2.24, 2.45) is 11.3 Å². The molecule has 2 aliphatic heterocycles. The van der Waals surface area contributed by atoms with Crippen molar-refractivity contribution in [3.63, 3.8) is 0 Å². The number of hydrogen-bond donors (Lipinski definition) is 2. The second kappa shape index (κ2) is 6.66. The van der Waals surface area contributed by atoms with Crippen molar-refractivity contribution < 1.29 is 27.8 Å². The fourth-order valence-corrected chi connectivity index (χ4v) is 3.62.